The number of benzene rings is 1. The van der Waals surface area contributed by atoms with Gasteiger partial charge >= 0.3 is 0 Å². The molecule has 0 radical (unpaired) electrons. The zero-order chi connectivity index (χ0) is 19.3. The van der Waals surface area contributed by atoms with E-state index in [0.29, 0.717) is 6.54 Å². The van der Waals surface area contributed by atoms with E-state index in [2.05, 4.69) is 45.4 Å². The summed E-state index contributed by atoms with van der Waals surface area (Å²) in [5.74, 6) is 0.114. The standard InChI is InChI=1S/C21H36N4O2/c1-23(11-7-17-27-2)19-21(26)22-10-6-12-24-13-15-25(16-14-24)18-20-8-4-3-5-9-20/h3-5,8-9H,6-7,10-19H2,1-2H3,(H,22,26). The molecule has 1 aliphatic heterocycles. The Morgan fingerprint density at radius 3 is 2.52 bits per heavy atom. The molecule has 1 saturated heterocycles. The lowest BCUT2D eigenvalue weighted by molar-refractivity contribution is -0.122. The quantitative estimate of drug-likeness (QED) is 0.557. The number of nitrogens with zero attached hydrogens (tertiary/aromatic N) is 3. The van der Waals surface area contributed by atoms with Gasteiger partial charge in [-0.1, -0.05) is 30.3 Å². The van der Waals surface area contributed by atoms with Crippen LogP contribution >= 0.6 is 0 Å². The Morgan fingerprint density at radius 2 is 1.81 bits per heavy atom. The van der Waals surface area contributed by atoms with Crippen LogP contribution in [-0.4, -0.2) is 93.7 Å². The van der Waals surface area contributed by atoms with Gasteiger partial charge in [-0.25, -0.2) is 0 Å². The number of amides is 1. The maximum absolute atomic E-state index is 11.9. The smallest absolute Gasteiger partial charge is 0.234 e. The van der Waals surface area contributed by atoms with Gasteiger partial charge < -0.3 is 15.0 Å². The average molecular weight is 377 g/mol. The van der Waals surface area contributed by atoms with Crippen molar-refractivity contribution in [3.05, 3.63) is 35.9 Å². The van der Waals surface area contributed by atoms with Crippen molar-refractivity contribution in [1.82, 2.24) is 20.0 Å². The first-order valence-electron chi connectivity index (χ1n) is 10.1. The van der Waals surface area contributed by atoms with Crippen LogP contribution in [0.2, 0.25) is 0 Å². The fraction of sp³-hybridized carbons (Fsp3) is 0.667. The topological polar surface area (TPSA) is 48.1 Å². The summed E-state index contributed by atoms with van der Waals surface area (Å²) in [6.07, 6.45) is 1.97. The van der Waals surface area contributed by atoms with E-state index in [1.807, 2.05) is 11.9 Å². The number of carbonyl (C=O) groups is 1. The Balaban J connectivity index is 1.50. The molecule has 1 N–H and O–H groups in total. The summed E-state index contributed by atoms with van der Waals surface area (Å²) in [5.41, 5.74) is 1.39. The molecule has 0 bridgehead atoms. The molecule has 2 rings (SSSR count). The third kappa shape index (κ3) is 9.33. The molecule has 0 aromatic heterocycles. The normalized spacial score (nSPS) is 16.0. The molecular weight excluding hydrogens is 340 g/mol. The van der Waals surface area contributed by atoms with Gasteiger partial charge in [0.2, 0.25) is 5.91 Å². The summed E-state index contributed by atoms with van der Waals surface area (Å²) in [6, 6.07) is 10.7. The molecule has 1 aliphatic rings. The van der Waals surface area contributed by atoms with Crippen molar-refractivity contribution in [3.8, 4) is 0 Å². The number of likely N-dealkylation sites (N-methyl/N-ethyl adjacent to an activating group) is 1. The third-order valence-corrected chi connectivity index (χ3v) is 4.99. The van der Waals surface area contributed by atoms with Crippen LogP contribution in [0.3, 0.4) is 0 Å². The highest BCUT2D eigenvalue weighted by molar-refractivity contribution is 5.77. The monoisotopic (exact) mass is 376 g/mol. The lowest BCUT2D eigenvalue weighted by Crippen LogP contribution is -2.46. The van der Waals surface area contributed by atoms with Crippen LogP contribution in [-0.2, 0) is 16.1 Å². The van der Waals surface area contributed by atoms with E-state index in [1.54, 1.807) is 7.11 Å². The van der Waals surface area contributed by atoms with Gasteiger partial charge in [0.05, 0.1) is 6.54 Å². The van der Waals surface area contributed by atoms with Gasteiger partial charge in [-0.3, -0.25) is 14.6 Å². The average Bonchev–Trinajstić information content (AvgIpc) is 2.67. The second kappa shape index (κ2) is 12.8. The molecule has 1 heterocycles. The molecule has 0 aliphatic carbocycles. The molecular formula is C21H36N4O2. The number of ether oxygens (including phenoxy) is 1. The Labute approximate surface area is 164 Å². The Morgan fingerprint density at radius 1 is 1.11 bits per heavy atom. The summed E-state index contributed by atoms with van der Waals surface area (Å²) in [4.78, 5) is 19.0. The van der Waals surface area contributed by atoms with Crippen LogP contribution < -0.4 is 5.32 Å². The minimum Gasteiger partial charge on any atom is -0.385 e. The van der Waals surface area contributed by atoms with Gasteiger partial charge in [0.15, 0.2) is 0 Å². The van der Waals surface area contributed by atoms with Crippen LogP contribution in [0, 0.1) is 0 Å². The van der Waals surface area contributed by atoms with E-state index in [9.17, 15) is 4.79 Å². The first-order chi connectivity index (χ1) is 13.2. The second-order valence-electron chi connectivity index (χ2n) is 7.39. The molecule has 6 nitrogen and oxygen atoms in total. The van der Waals surface area contributed by atoms with E-state index in [-0.39, 0.29) is 5.91 Å². The Kier molecular flexibility index (Phi) is 10.4. The molecule has 0 spiro atoms. The lowest BCUT2D eigenvalue weighted by atomic mass is 10.2. The minimum atomic E-state index is 0.114. The van der Waals surface area contributed by atoms with Crippen molar-refractivity contribution >= 4 is 5.91 Å². The fourth-order valence-corrected chi connectivity index (χ4v) is 3.40. The predicted octanol–water partition coefficient (Wildman–Crippen LogP) is 1.28. The highest BCUT2D eigenvalue weighted by Gasteiger charge is 2.16. The maximum Gasteiger partial charge on any atom is 0.234 e. The summed E-state index contributed by atoms with van der Waals surface area (Å²) in [7, 11) is 3.68. The second-order valence-corrected chi connectivity index (χ2v) is 7.39. The highest BCUT2D eigenvalue weighted by atomic mass is 16.5. The van der Waals surface area contributed by atoms with Crippen LogP contribution in [0.4, 0.5) is 0 Å². The molecule has 1 aromatic carbocycles. The zero-order valence-electron chi connectivity index (χ0n) is 17.0. The van der Waals surface area contributed by atoms with E-state index in [1.165, 1.54) is 5.56 Å². The molecule has 1 amide bonds. The Hall–Kier alpha value is -1.47. The van der Waals surface area contributed by atoms with E-state index >= 15 is 0 Å². The number of carbonyl (C=O) groups excluding carboxylic acids is 1. The molecule has 1 aromatic rings. The van der Waals surface area contributed by atoms with Crippen molar-refractivity contribution in [2.45, 2.75) is 19.4 Å². The van der Waals surface area contributed by atoms with Gasteiger partial charge in [0.1, 0.15) is 0 Å². The van der Waals surface area contributed by atoms with Gasteiger partial charge in [-0.2, -0.15) is 0 Å². The van der Waals surface area contributed by atoms with Crippen molar-refractivity contribution in [2.75, 3.05) is 73.1 Å². The highest BCUT2D eigenvalue weighted by Crippen LogP contribution is 2.08. The number of rotatable bonds is 12. The lowest BCUT2D eigenvalue weighted by Gasteiger charge is -2.34. The number of piperazine rings is 1. The van der Waals surface area contributed by atoms with Crippen LogP contribution in [0.5, 0.6) is 0 Å². The molecule has 27 heavy (non-hydrogen) atoms. The van der Waals surface area contributed by atoms with Gasteiger partial charge in [-0.05, 0) is 32.0 Å². The van der Waals surface area contributed by atoms with Crippen LogP contribution in [0.25, 0.3) is 0 Å². The molecule has 152 valence electrons. The molecule has 0 unspecified atom stereocenters. The first-order valence-corrected chi connectivity index (χ1v) is 10.1. The number of hydrogen-bond donors (Lipinski definition) is 1. The molecule has 6 heteroatoms. The summed E-state index contributed by atoms with van der Waals surface area (Å²) in [6.45, 7) is 9.41. The van der Waals surface area contributed by atoms with Crippen molar-refractivity contribution in [1.29, 1.82) is 0 Å². The van der Waals surface area contributed by atoms with E-state index < -0.39 is 0 Å². The largest absolute Gasteiger partial charge is 0.385 e. The number of hydrogen-bond acceptors (Lipinski definition) is 5. The number of nitrogens with one attached hydrogen (secondary N) is 1. The third-order valence-electron chi connectivity index (χ3n) is 4.99. The van der Waals surface area contributed by atoms with Gasteiger partial charge in [0.25, 0.3) is 0 Å². The fourth-order valence-electron chi connectivity index (χ4n) is 3.40. The van der Waals surface area contributed by atoms with Gasteiger partial charge in [-0.15, -0.1) is 0 Å². The van der Waals surface area contributed by atoms with Crippen molar-refractivity contribution in [3.63, 3.8) is 0 Å². The van der Waals surface area contributed by atoms with Crippen LogP contribution in [0.15, 0.2) is 30.3 Å². The summed E-state index contributed by atoms with van der Waals surface area (Å²) in [5, 5.41) is 3.04. The molecule has 0 atom stereocenters. The first kappa shape index (κ1) is 21.8. The minimum absolute atomic E-state index is 0.114. The van der Waals surface area contributed by atoms with Gasteiger partial charge in [0, 0.05) is 59.5 Å². The SMILES string of the molecule is COCCCN(C)CC(=O)NCCCN1CCN(Cc2ccccc2)CC1. The number of methoxy groups -OCH3 is 1. The summed E-state index contributed by atoms with van der Waals surface area (Å²) < 4.78 is 5.04. The van der Waals surface area contributed by atoms with Crippen molar-refractivity contribution < 1.29 is 9.53 Å². The molecule has 0 saturated carbocycles. The van der Waals surface area contributed by atoms with Crippen molar-refractivity contribution in [2.24, 2.45) is 0 Å². The maximum atomic E-state index is 11.9. The summed E-state index contributed by atoms with van der Waals surface area (Å²) >= 11 is 0. The van der Waals surface area contributed by atoms with Crippen LogP contribution in [0.1, 0.15) is 18.4 Å². The van der Waals surface area contributed by atoms with E-state index in [0.717, 1.165) is 71.8 Å². The molecule has 1 fully saturated rings. The Bertz CT molecular complexity index is 518. The zero-order valence-corrected chi connectivity index (χ0v) is 17.0. The predicted molar refractivity (Wildman–Crippen MR) is 110 cm³/mol. The van der Waals surface area contributed by atoms with E-state index in [4.69, 9.17) is 4.74 Å².